The zero-order valence-corrected chi connectivity index (χ0v) is 12.4. The Balaban J connectivity index is 5.11. The van der Waals surface area contributed by atoms with E-state index in [4.69, 9.17) is 0 Å². The van der Waals surface area contributed by atoms with Gasteiger partial charge in [0.15, 0.2) is 5.84 Å². The summed E-state index contributed by atoms with van der Waals surface area (Å²) in [6.07, 6.45) is 10.1. The van der Waals surface area contributed by atoms with Crippen LogP contribution in [0.4, 0.5) is 0 Å². The molecule has 0 unspecified atom stereocenters. The fraction of sp³-hybridized carbons (Fsp3) is 0.188. The summed E-state index contributed by atoms with van der Waals surface area (Å²) in [7, 11) is 1.69. The molecule has 0 heterocycles. The van der Waals surface area contributed by atoms with Gasteiger partial charge in [0, 0.05) is 19.5 Å². The van der Waals surface area contributed by atoms with Gasteiger partial charge in [-0.1, -0.05) is 44.0 Å². The van der Waals surface area contributed by atoms with Crippen LogP contribution in [-0.4, -0.2) is 25.3 Å². The Morgan fingerprint density at radius 1 is 0.950 bits per heavy atom. The summed E-state index contributed by atoms with van der Waals surface area (Å²) in [6, 6.07) is 0. The van der Waals surface area contributed by atoms with Crippen LogP contribution in [0.25, 0.3) is 0 Å². The van der Waals surface area contributed by atoms with Crippen LogP contribution in [0.3, 0.4) is 0 Å². The number of hydrogen-bond donors (Lipinski definition) is 1. The van der Waals surface area contributed by atoms with Gasteiger partial charge in [0.05, 0.1) is 11.4 Å². The van der Waals surface area contributed by atoms with Crippen molar-refractivity contribution in [2.75, 3.05) is 7.05 Å². The van der Waals surface area contributed by atoms with Crippen LogP contribution in [-0.2, 0) is 0 Å². The molecule has 0 aliphatic rings. The quantitative estimate of drug-likeness (QED) is 0.430. The summed E-state index contributed by atoms with van der Waals surface area (Å²) < 4.78 is 0. The minimum absolute atomic E-state index is 0.615. The molecule has 0 saturated carbocycles. The van der Waals surface area contributed by atoms with Crippen molar-refractivity contribution in [2.24, 2.45) is 15.0 Å². The number of nitrogens with zero attached hydrogens (tertiary/aromatic N) is 3. The van der Waals surface area contributed by atoms with Gasteiger partial charge < -0.3 is 5.32 Å². The van der Waals surface area contributed by atoms with Gasteiger partial charge in [0.1, 0.15) is 5.70 Å². The van der Waals surface area contributed by atoms with Crippen molar-refractivity contribution in [3.8, 4) is 0 Å². The van der Waals surface area contributed by atoms with Gasteiger partial charge in [-0.3, -0.25) is 15.0 Å². The number of allylic oxidation sites excluding steroid dienone is 4. The number of hydrogen-bond acceptors (Lipinski definition) is 3. The minimum atomic E-state index is 0.615. The number of amidine groups is 1. The van der Waals surface area contributed by atoms with E-state index in [0.717, 1.165) is 0 Å². The summed E-state index contributed by atoms with van der Waals surface area (Å²) >= 11 is 0. The summed E-state index contributed by atoms with van der Waals surface area (Å²) in [4.78, 5) is 12.6. The number of nitrogens with one attached hydrogen (secondary N) is 1. The van der Waals surface area contributed by atoms with E-state index < -0.39 is 0 Å². The lowest BCUT2D eigenvalue weighted by atomic mass is 10.3. The number of aliphatic imine (C=N–C) groups is 3. The monoisotopic (exact) mass is 270 g/mol. The SMILES string of the molecule is C=CC=N/C(=C\C)C(=C)NC(=NC)/C(=C/C)N=CC=C. The van der Waals surface area contributed by atoms with Gasteiger partial charge >= 0.3 is 0 Å². The largest absolute Gasteiger partial charge is 0.337 e. The van der Waals surface area contributed by atoms with E-state index in [0.29, 0.717) is 22.9 Å². The fourth-order valence-electron chi connectivity index (χ4n) is 1.31. The predicted molar refractivity (Wildman–Crippen MR) is 90.5 cm³/mol. The Bertz CT molecular complexity index is 503. The number of rotatable bonds is 7. The van der Waals surface area contributed by atoms with Crippen LogP contribution in [0.5, 0.6) is 0 Å². The Kier molecular flexibility index (Phi) is 9.14. The molecule has 106 valence electrons. The highest BCUT2D eigenvalue weighted by molar-refractivity contribution is 6.00. The maximum atomic E-state index is 4.24. The highest BCUT2D eigenvalue weighted by Gasteiger charge is 2.07. The lowest BCUT2D eigenvalue weighted by Crippen LogP contribution is -2.24. The highest BCUT2D eigenvalue weighted by atomic mass is 15.0. The first-order valence-electron chi connectivity index (χ1n) is 6.20. The average Bonchev–Trinajstić information content (AvgIpc) is 2.47. The van der Waals surface area contributed by atoms with E-state index in [1.54, 1.807) is 31.6 Å². The second-order valence-corrected chi connectivity index (χ2v) is 3.55. The molecule has 0 rings (SSSR count). The summed E-state index contributed by atoms with van der Waals surface area (Å²) in [5, 5.41) is 3.11. The average molecular weight is 270 g/mol. The molecule has 0 aromatic carbocycles. The smallest absolute Gasteiger partial charge is 0.151 e. The molecule has 0 aliphatic carbocycles. The third-order valence-corrected chi connectivity index (χ3v) is 2.23. The van der Waals surface area contributed by atoms with Crippen LogP contribution in [0.1, 0.15) is 13.8 Å². The first-order chi connectivity index (χ1) is 9.64. The molecule has 0 aliphatic heterocycles. The van der Waals surface area contributed by atoms with Gasteiger partial charge in [-0.2, -0.15) is 0 Å². The third kappa shape index (κ3) is 5.91. The predicted octanol–water partition coefficient (Wildman–Crippen LogP) is 3.44. The Morgan fingerprint density at radius 2 is 1.45 bits per heavy atom. The van der Waals surface area contributed by atoms with Gasteiger partial charge in [0.2, 0.25) is 0 Å². The van der Waals surface area contributed by atoms with E-state index in [1.807, 2.05) is 26.0 Å². The van der Waals surface area contributed by atoms with Crippen LogP contribution >= 0.6 is 0 Å². The summed E-state index contributed by atoms with van der Waals surface area (Å²) in [5.41, 5.74) is 2.06. The maximum Gasteiger partial charge on any atom is 0.151 e. The Morgan fingerprint density at radius 3 is 1.85 bits per heavy atom. The molecule has 4 nitrogen and oxygen atoms in total. The first kappa shape index (κ1) is 17.5. The van der Waals surface area contributed by atoms with E-state index in [1.165, 1.54) is 0 Å². The minimum Gasteiger partial charge on any atom is -0.337 e. The molecule has 0 fully saturated rings. The Labute approximate surface area is 121 Å². The highest BCUT2D eigenvalue weighted by Crippen LogP contribution is 2.08. The van der Waals surface area contributed by atoms with Crippen molar-refractivity contribution in [2.45, 2.75) is 13.8 Å². The van der Waals surface area contributed by atoms with E-state index >= 15 is 0 Å². The van der Waals surface area contributed by atoms with Gasteiger partial charge in [-0.05, 0) is 13.8 Å². The molecule has 20 heavy (non-hydrogen) atoms. The standard InChI is InChI=1S/C16H22N4/c1-7-11-18-14(9-3)13(5)20-16(17-6)15(10-4)19-12-8-2/h7-12H,1-2,5H2,3-4,6H3,(H,17,20)/b14-9-,15-10-,18-11?,19-12?. The van der Waals surface area contributed by atoms with Crippen LogP contribution in [0, 0.1) is 0 Å². The van der Waals surface area contributed by atoms with Crippen molar-refractivity contribution < 1.29 is 0 Å². The summed E-state index contributed by atoms with van der Waals surface area (Å²) in [6.45, 7) is 14.9. The lowest BCUT2D eigenvalue weighted by molar-refractivity contribution is 1.09. The first-order valence-corrected chi connectivity index (χ1v) is 6.20. The van der Waals surface area contributed by atoms with Gasteiger partial charge in [0.25, 0.3) is 0 Å². The zero-order chi connectivity index (χ0) is 15.4. The molecular weight excluding hydrogens is 248 g/mol. The molecule has 0 radical (unpaired) electrons. The van der Waals surface area contributed by atoms with E-state index in [9.17, 15) is 0 Å². The normalized spacial score (nSPS) is 13.8. The molecule has 0 bridgehead atoms. The molecule has 0 spiro atoms. The molecule has 0 aromatic rings. The van der Waals surface area contributed by atoms with Crippen molar-refractivity contribution in [1.82, 2.24) is 5.32 Å². The Hall–Kier alpha value is -2.49. The van der Waals surface area contributed by atoms with Crippen molar-refractivity contribution in [1.29, 1.82) is 0 Å². The third-order valence-electron chi connectivity index (χ3n) is 2.23. The zero-order valence-electron chi connectivity index (χ0n) is 12.4. The molecule has 0 atom stereocenters. The maximum absolute atomic E-state index is 4.24. The fourth-order valence-corrected chi connectivity index (χ4v) is 1.31. The molecule has 0 amide bonds. The van der Waals surface area contributed by atoms with E-state index in [-0.39, 0.29) is 0 Å². The molecule has 1 N–H and O–H groups in total. The molecular formula is C16H22N4. The van der Waals surface area contributed by atoms with Crippen LogP contribution in [0.15, 0.2) is 76.1 Å². The van der Waals surface area contributed by atoms with Crippen molar-refractivity contribution in [3.63, 3.8) is 0 Å². The second-order valence-electron chi connectivity index (χ2n) is 3.55. The van der Waals surface area contributed by atoms with Crippen molar-refractivity contribution >= 4 is 18.3 Å². The van der Waals surface area contributed by atoms with Gasteiger partial charge in [-0.15, -0.1) is 0 Å². The second kappa shape index (κ2) is 10.4. The molecule has 0 aromatic heterocycles. The van der Waals surface area contributed by atoms with Crippen molar-refractivity contribution in [3.05, 3.63) is 61.1 Å². The topological polar surface area (TPSA) is 49.1 Å². The lowest BCUT2D eigenvalue weighted by Gasteiger charge is -2.12. The molecule has 4 heteroatoms. The van der Waals surface area contributed by atoms with Crippen LogP contribution < -0.4 is 5.32 Å². The van der Waals surface area contributed by atoms with Crippen LogP contribution in [0.2, 0.25) is 0 Å². The van der Waals surface area contributed by atoms with E-state index in [2.05, 4.69) is 40.0 Å². The molecule has 0 saturated heterocycles. The van der Waals surface area contributed by atoms with Gasteiger partial charge in [-0.25, -0.2) is 0 Å². The summed E-state index contributed by atoms with van der Waals surface area (Å²) in [5.74, 6) is 0.615.